The summed E-state index contributed by atoms with van der Waals surface area (Å²) in [6.45, 7) is 0.799. The molecular formula is C17H17Cl2N5O2. The molecule has 0 radical (unpaired) electrons. The van der Waals surface area contributed by atoms with Crippen molar-refractivity contribution in [1.82, 2.24) is 20.2 Å². The molecule has 0 aliphatic carbocycles. The van der Waals surface area contributed by atoms with Crippen molar-refractivity contribution in [3.05, 3.63) is 57.6 Å². The maximum atomic E-state index is 6.39. The largest absolute Gasteiger partial charge is 0.493 e. The van der Waals surface area contributed by atoms with Crippen LogP contribution in [0.4, 0.5) is 5.95 Å². The van der Waals surface area contributed by atoms with Gasteiger partial charge in [-0.25, -0.2) is 4.68 Å². The molecule has 0 unspecified atom stereocenters. The molecule has 2 aromatic carbocycles. The molecule has 0 saturated heterocycles. The van der Waals surface area contributed by atoms with Gasteiger partial charge in [-0.15, -0.1) is 0 Å². The molecule has 0 bridgehead atoms. The summed E-state index contributed by atoms with van der Waals surface area (Å²) >= 11 is 12.4. The predicted molar refractivity (Wildman–Crippen MR) is 99.9 cm³/mol. The zero-order chi connectivity index (χ0) is 18.5. The molecule has 136 valence electrons. The first-order valence-electron chi connectivity index (χ1n) is 7.76. The molecular weight excluding hydrogens is 377 g/mol. The van der Waals surface area contributed by atoms with Crippen molar-refractivity contribution in [1.29, 1.82) is 0 Å². The summed E-state index contributed by atoms with van der Waals surface area (Å²) in [4.78, 5) is 0. The van der Waals surface area contributed by atoms with Crippen LogP contribution in [-0.2, 0) is 20.2 Å². The highest BCUT2D eigenvalue weighted by Gasteiger charge is 2.12. The lowest BCUT2D eigenvalue weighted by Crippen LogP contribution is -2.07. The minimum absolute atomic E-state index is 0.357. The van der Waals surface area contributed by atoms with Gasteiger partial charge in [-0.2, -0.15) is 0 Å². The van der Waals surface area contributed by atoms with Gasteiger partial charge in [-0.05, 0) is 39.8 Å². The fraction of sp³-hybridized carbons (Fsp3) is 0.235. The van der Waals surface area contributed by atoms with Crippen LogP contribution in [0, 0.1) is 0 Å². The van der Waals surface area contributed by atoms with E-state index < -0.39 is 0 Å². The number of nitrogens with zero attached hydrogens (tertiary/aromatic N) is 4. The van der Waals surface area contributed by atoms with Crippen LogP contribution in [0.2, 0.25) is 10.0 Å². The number of hydrogen-bond donors (Lipinski definition) is 1. The van der Waals surface area contributed by atoms with E-state index in [-0.39, 0.29) is 0 Å². The average molecular weight is 394 g/mol. The van der Waals surface area contributed by atoms with Gasteiger partial charge in [0.1, 0.15) is 6.61 Å². The molecule has 9 heteroatoms. The Morgan fingerprint density at radius 1 is 1.15 bits per heavy atom. The Labute approximate surface area is 160 Å². The van der Waals surface area contributed by atoms with Gasteiger partial charge in [0.25, 0.3) is 0 Å². The Balaban J connectivity index is 1.73. The van der Waals surface area contributed by atoms with E-state index in [2.05, 4.69) is 20.8 Å². The van der Waals surface area contributed by atoms with Crippen molar-refractivity contribution in [2.24, 2.45) is 7.05 Å². The number of halogens is 2. The first-order valence-corrected chi connectivity index (χ1v) is 8.52. The van der Waals surface area contributed by atoms with Crippen LogP contribution in [0.5, 0.6) is 11.5 Å². The second kappa shape index (κ2) is 8.25. The summed E-state index contributed by atoms with van der Waals surface area (Å²) in [6.07, 6.45) is 0. The van der Waals surface area contributed by atoms with Crippen molar-refractivity contribution in [2.75, 3.05) is 12.4 Å². The third-order valence-electron chi connectivity index (χ3n) is 3.67. The highest BCUT2D eigenvalue weighted by Crippen LogP contribution is 2.34. The molecule has 26 heavy (non-hydrogen) atoms. The van der Waals surface area contributed by atoms with Crippen molar-refractivity contribution in [3.63, 3.8) is 0 Å². The highest BCUT2D eigenvalue weighted by atomic mass is 35.5. The number of rotatable bonds is 7. The molecule has 0 aliphatic rings. The molecule has 0 spiro atoms. The van der Waals surface area contributed by atoms with E-state index in [4.69, 9.17) is 32.7 Å². The summed E-state index contributed by atoms with van der Waals surface area (Å²) in [5.74, 6) is 1.69. The van der Waals surface area contributed by atoms with Crippen LogP contribution in [0.3, 0.4) is 0 Å². The van der Waals surface area contributed by atoms with E-state index in [9.17, 15) is 0 Å². The van der Waals surface area contributed by atoms with Gasteiger partial charge in [0.05, 0.1) is 7.11 Å². The normalized spacial score (nSPS) is 10.6. The maximum Gasteiger partial charge on any atom is 0.242 e. The first-order chi connectivity index (χ1) is 12.6. The molecule has 3 aromatic rings. The van der Waals surface area contributed by atoms with Crippen LogP contribution in [-0.4, -0.2) is 27.3 Å². The fourth-order valence-corrected chi connectivity index (χ4v) is 2.76. The lowest BCUT2D eigenvalue weighted by atomic mass is 10.2. The third-order valence-corrected chi connectivity index (χ3v) is 4.26. The molecule has 7 nitrogen and oxygen atoms in total. The van der Waals surface area contributed by atoms with E-state index in [0.29, 0.717) is 40.6 Å². The average Bonchev–Trinajstić information content (AvgIpc) is 3.04. The standard InChI is InChI=1S/C17H17Cl2N5O2/c1-24-17(21-22-23-24)20-9-12-7-15(25-2)16(8-14(12)19)26-10-11-4-3-5-13(18)6-11/h3-8H,9-10H2,1-2H3,(H,20,21,23). The number of anilines is 1. The van der Waals surface area contributed by atoms with Crippen LogP contribution in [0.1, 0.15) is 11.1 Å². The van der Waals surface area contributed by atoms with Crippen LogP contribution in [0.15, 0.2) is 36.4 Å². The second-order valence-corrected chi connectivity index (χ2v) is 6.34. The Bertz CT molecular complexity index is 901. The lowest BCUT2D eigenvalue weighted by Gasteiger charge is -2.14. The monoisotopic (exact) mass is 393 g/mol. The molecule has 1 N–H and O–H groups in total. The highest BCUT2D eigenvalue weighted by molar-refractivity contribution is 6.31. The number of aryl methyl sites for hydroxylation is 1. The van der Waals surface area contributed by atoms with Crippen LogP contribution < -0.4 is 14.8 Å². The molecule has 1 heterocycles. The van der Waals surface area contributed by atoms with Crippen molar-refractivity contribution in [3.8, 4) is 11.5 Å². The summed E-state index contributed by atoms with van der Waals surface area (Å²) in [7, 11) is 3.33. The van der Waals surface area contributed by atoms with Crippen molar-refractivity contribution >= 4 is 29.2 Å². The predicted octanol–water partition coefficient (Wildman–Crippen LogP) is 3.72. The van der Waals surface area contributed by atoms with Gasteiger partial charge in [0.15, 0.2) is 11.5 Å². The minimum Gasteiger partial charge on any atom is -0.493 e. The number of benzene rings is 2. The van der Waals surface area contributed by atoms with Crippen molar-refractivity contribution in [2.45, 2.75) is 13.2 Å². The number of ether oxygens (including phenoxy) is 2. The van der Waals surface area contributed by atoms with Gasteiger partial charge in [0, 0.05) is 29.7 Å². The SMILES string of the molecule is COc1cc(CNc2nnnn2C)c(Cl)cc1OCc1cccc(Cl)c1. The zero-order valence-electron chi connectivity index (χ0n) is 14.2. The molecule has 0 aliphatic heterocycles. The third kappa shape index (κ3) is 4.36. The van der Waals surface area contributed by atoms with Gasteiger partial charge in [-0.1, -0.05) is 40.4 Å². The zero-order valence-corrected chi connectivity index (χ0v) is 15.8. The number of aromatic nitrogens is 4. The number of tetrazole rings is 1. The fourth-order valence-electron chi connectivity index (χ4n) is 2.33. The van der Waals surface area contributed by atoms with Gasteiger partial charge < -0.3 is 14.8 Å². The Morgan fingerprint density at radius 3 is 2.69 bits per heavy atom. The maximum absolute atomic E-state index is 6.39. The first kappa shape index (κ1) is 18.3. The summed E-state index contributed by atoms with van der Waals surface area (Å²) in [5.41, 5.74) is 1.79. The van der Waals surface area contributed by atoms with E-state index in [1.807, 2.05) is 30.3 Å². The lowest BCUT2D eigenvalue weighted by molar-refractivity contribution is 0.284. The summed E-state index contributed by atoms with van der Waals surface area (Å²) in [6, 6.07) is 11.0. The van der Waals surface area contributed by atoms with Gasteiger partial charge >= 0.3 is 0 Å². The van der Waals surface area contributed by atoms with E-state index in [1.54, 1.807) is 20.2 Å². The number of hydrogen-bond acceptors (Lipinski definition) is 6. The van der Waals surface area contributed by atoms with Crippen LogP contribution in [0.25, 0.3) is 0 Å². The van der Waals surface area contributed by atoms with Gasteiger partial charge in [0.2, 0.25) is 5.95 Å². The molecule has 0 fully saturated rings. The summed E-state index contributed by atoms with van der Waals surface area (Å²) in [5, 5.41) is 15.5. The van der Waals surface area contributed by atoms with E-state index in [1.165, 1.54) is 4.68 Å². The van der Waals surface area contributed by atoms with Crippen LogP contribution >= 0.6 is 23.2 Å². The summed E-state index contributed by atoms with van der Waals surface area (Å²) < 4.78 is 12.8. The molecule has 0 amide bonds. The molecule has 1 aromatic heterocycles. The topological polar surface area (TPSA) is 74.1 Å². The van der Waals surface area contributed by atoms with E-state index >= 15 is 0 Å². The van der Waals surface area contributed by atoms with Gasteiger partial charge in [-0.3, -0.25) is 0 Å². The van der Waals surface area contributed by atoms with Crippen molar-refractivity contribution < 1.29 is 9.47 Å². The molecule has 0 atom stereocenters. The Kier molecular flexibility index (Phi) is 5.80. The molecule has 3 rings (SSSR count). The number of methoxy groups -OCH3 is 1. The second-order valence-electron chi connectivity index (χ2n) is 5.49. The molecule has 0 saturated carbocycles. The Hall–Kier alpha value is -2.51. The van der Waals surface area contributed by atoms with E-state index in [0.717, 1.165) is 11.1 Å². The Morgan fingerprint density at radius 2 is 2.00 bits per heavy atom. The minimum atomic E-state index is 0.357. The number of nitrogens with one attached hydrogen (secondary N) is 1. The smallest absolute Gasteiger partial charge is 0.242 e. The quantitative estimate of drug-likeness (QED) is 0.659.